The Hall–Kier alpha value is -2.32. The number of carbonyl (C=O) groups is 1. The van der Waals surface area contributed by atoms with E-state index in [-0.39, 0.29) is 11.8 Å². The molecule has 4 rings (SSSR count). The van der Waals surface area contributed by atoms with Crippen molar-refractivity contribution in [3.63, 3.8) is 0 Å². The Labute approximate surface area is 149 Å². The number of fused-ring (bicyclic) bond motifs is 1. The number of carbonyl (C=O) groups excluding carboxylic acids is 1. The van der Waals surface area contributed by atoms with Gasteiger partial charge in [0.2, 0.25) is 0 Å². The third-order valence-corrected chi connectivity index (χ3v) is 5.31. The summed E-state index contributed by atoms with van der Waals surface area (Å²) >= 11 is 1.40. The van der Waals surface area contributed by atoms with Gasteiger partial charge in [-0.3, -0.25) is 9.78 Å². The number of hydrogen-bond acceptors (Lipinski definition) is 6. The van der Waals surface area contributed by atoms with Gasteiger partial charge in [-0.1, -0.05) is 0 Å². The topological polar surface area (TPSA) is 72.6 Å². The Balaban J connectivity index is 1.49. The van der Waals surface area contributed by atoms with Gasteiger partial charge in [0.1, 0.15) is 4.88 Å². The molecule has 7 nitrogen and oxygen atoms in total. The van der Waals surface area contributed by atoms with Crippen molar-refractivity contribution in [1.29, 1.82) is 0 Å². The van der Waals surface area contributed by atoms with Crippen molar-refractivity contribution in [2.24, 2.45) is 5.92 Å². The third-order valence-electron chi connectivity index (χ3n) is 4.40. The van der Waals surface area contributed by atoms with Crippen molar-refractivity contribution in [3.8, 4) is 0 Å². The van der Waals surface area contributed by atoms with E-state index in [1.54, 1.807) is 17.9 Å². The summed E-state index contributed by atoms with van der Waals surface area (Å²) in [6.45, 7) is 4.35. The second-order valence-corrected chi connectivity index (χ2v) is 7.09. The van der Waals surface area contributed by atoms with E-state index in [4.69, 9.17) is 4.74 Å². The maximum Gasteiger partial charge on any atom is 0.265 e. The molecular weight excluding hydrogens is 338 g/mol. The highest BCUT2D eigenvalue weighted by molar-refractivity contribution is 7.11. The summed E-state index contributed by atoms with van der Waals surface area (Å²) < 4.78 is 7.69. The minimum atomic E-state index is 0.0496. The van der Waals surface area contributed by atoms with Gasteiger partial charge in [-0.05, 0) is 13.3 Å². The van der Waals surface area contributed by atoms with Crippen LogP contribution in [0.3, 0.4) is 0 Å². The summed E-state index contributed by atoms with van der Waals surface area (Å²) in [6, 6.07) is 0. The predicted octanol–water partition coefficient (Wildman–Crippen LogP) is 1.83. The molecule has 0 bridgehead atoms. The molecule has 1 atom stereocenters. The van der Waals surface area contributed by atoms with Gasteiger partial charge in [0.05, 0.1) is 36.3 Å². The molecule has 130 valence electrons. The van der Waals surface area contributed by atoms with Crippen LogP contribution in [0.15, 0.2) is 30.3 Å². The number of rotatable bonds is 3. The smallest absolute Gasteiger partial charge is 0.265 e. The van der Waals surface area contributed by atoms with Crippen LogP contribution in [0, 0.1) is 12.8 Å². The number of hydrogen-bond donors (Lipinski definition) is 0. The van der Waals surface area contributed by atoms with Crippen LogP contribution in [0.2, 0.25) is 0 Å². The van der Waals surface area contributed by atoms with Crippen LogP contribution in [0.1, 0.15) is 21.1 Å². The summed E-state index contributed by atoms with van der Waals surface area (Å²) in [5.41, 5.74) is 4.32. The molecule has 8 heteroatoms. The Morgan fingerprint density at radius 2 is 2.32 bits per heavy atom. The first-order chi connectivity index (χ1) is 12.2. The highest BCUT2D eigenvalue weighted by Gasteiger charge is 2.26. The monoisotopic (exact) mass is 357 g/mol. The van der Waals surface area contributed by atoms with Gasteiger partial charge in [-0.2, -0.15) is 0 Å². The summed E-state index contributed by atoms with van der Waals surface area (Å²) in [5, 5.41) is 0. The SMILES string of the molecule is Cc1ncsc1C(=O)N1CCOCC(Cc2cn3ccnc3cn2)C1. The summed E-state index contributed by atoms with van der Waals surface area (Å²) in [4.78, 5) is 28.3. The fourth-order valence-electron chi connectivity index (χ4n) is 3.11. The normalized spacial score (nSPS) is 18.4. The van der Waals surface area contributed by atoms with Crippen molar-refractivity contribution in [2.75, 3.05) is 26.3 Å². The van der Waals surface area contributed by atoms with E-state index in [2.05, 4.69) is 15.0 Å². The van der Waals surface area contributed by atoms with Gasteiger partial charge in [-0.25, -0.2) is 9.97 Å². The minimum Gasteiger partial charge on any atom is -0.379 e. The van der Waals surface area contributed by atoms with E-state index in [1.807, 2.05) is 28.6 Å². The number of ether oxygens (including phenoxy) is 1. The Morgan fingerprint density at radius 1 is 1.40 bits per heavy atom. The highest BCUT2D eigenvalue weighted by Crippen LogP contribution is 2.19. The van der Waals surface area contributed by atoms with E-state index < -0.39 is 0 Å². The number of thiazole rings is 1. The van der Waals surface area contributed by atoms with Gasteiger partial charge in [0.25, 0.3) is 5.91 Å². The Morgan fingerprint density at radius 3 is 3.16 bits per heavy atom. The molecule has 1 aliphatic rings. The Kier molecular flexibility index (Phi) is 4.46. The van der Waals surface area contributed by atoms with Crippen molar-refractivity contribution in [3.05, 3.63) is 46.6 Å². The highest BCUT2D eigenvalue weighted by atomic mass is 32.1. The predicted molar refractivity (Wildman–Crippen MR) is 93.8 cm³/mol. The maximum absolute atomic E-state index is 12.8. The fourth-order valence-corrected chi connectivity index (χ4v) is 3.88. The molecule has 1 amide bonds. The van der Waals surface area contributed by atoms with E-state index in [0.717, 1.165) is 28.3 Å². The molecule has 3 aromatic rings. The lowest BCUT2D eigenvalue weighted by Crippen LogP contribution is -2.36. The van der Waals surface area contributed by atoms with Crippen LogP contribution >= 0.6 is 11.3 Å². The molecule has 1 unspecified atom stereocenters. The molecule has 25 heavy (non-hydrogen) atoms. The Bertz CT molecular complexity index is 890. The lowest BCUT2D eigenvalue weighted by Gasteiger charge is -2.23. The largest absolute Gasteiger partial charge is 0.379 e. The van der Waals surface area contributed by atoms with Crippen LogP contribution in [0.5, 0.6) is 0 Å². The van der Waals surface area contributed by atoms with Crippen LogP contribution in [-0.4, -0.2) is 56.5 Å². The molecule has 1 fully saturated rings. The van der Waals surface area contributed by atoms with Crippen LogP contribution in [-0.2, 0) is 11.2 Å². The number of aryl methyl sites for hydroxylation is 1. The number of aromatic nitrogens is 4. The lowest BCUT2D eigenvalue weighted by atomic mass is 10.0. The molecule has 0 radical (unpaired) electrons. The minimum absolute atomic E-state index is 0.0496. The standard InChI is InChI=1S/C17H19N5O2S/c1-12-16(25-11-20-12)17(23)22-4-5-24-10-13(8-22)6-14-9-21-3-2-18-15(21)7-19-14/h2-3,7,9,11,13H,4-6,8,10H2,1H3. The van der Waals surface area contributed by atoms with Crippen LogP contribution in [0.4, 0.5) is 0 Å². The lowest BCUT2D eigenvalue weighted by molar-refractivity contribution is 0.0741. The second-order valence-electron chi connectivity index (χ2n) is 6.23. The van der Waals surface area contributed by atoms with Crippen molar-refractivity contribution in [1.82, 2.24) is 24.3 Å². The summed E-state index contributed by atoms with van der Waals surface area (Å²) in [7, 11) is 0. The molecule has 4 heterocycles. The van der Waals surface area contributed by atoms with Crippen molar-refractivity contribution < 1.29 is 9.53 Å². The zero-order valence-corrected chi connectivity index (χ0v) is 14.8. The number of amides is 1. The quantitative estimate of drug-likeness (QED) is 0.715. The van der Waals surface area contributed by atoms with E-state index in [0.29, 0.717) is 26.3 Å². The average molecular weight is 357 g/mol. The molecule has 0 N–H and O–H groups in total. The summed E-state index contributed by atoms with van der Waals surface area (Å²) in [6.07, 6.45) is 8.20. The molecule has 1 aliphatic heterocycles. The van der Waals surface area contributed by atoms with Crippen molar-refractivity contribution in [2.45, 2.75) is 13.3 Å². The number of imidazole rings is 1. The second kappa shape index (κ2) is 6.89. The first kappa shape index (κ1) is 16.2. The van der Waals surface area contributed by atoms with Crippen molar-refractivity contribution >= 4 is 22.9 Å². The molecular formula is C17H19N5O2S. The van der Waals surface area contributed by atoms with E-state index >= 15 is 0 Å². The zero-order valence-electron chi connectivity index (χ0n) is 14.0. The van der Waals surface area contributed by atoms with E-state index in [1.165, 1.54) is 11.3 Å². The zero-order chi connectivity index (χ0) is 17.2. The first-order valence-electron chi connectivity index (χ1n) is 8.25. The van der Waals surface area contributed by atoms with Crippen LogP contribution < -0.4 is 0 Å². The molecule has 0 spiro atoms. The fraction of sp³-hybridized carbons (Fsp3) is 0.412. The van der Waals surface area contributed by atoms with Gasteiger partial charge in [0, 0.05) is 37.6 Å². The molecule has 3 aromatic heterocycles. The van der Waals surface area contributed by atoms with Crippen LogP contribution in [0.25, 0.3) is 5.65 Å². The summed E-state index contributed by atoms with van der Waals surface area (Å²) in [5.74, 6) is 0.265. The van der Waals surface area contributed by atoms with Gasteiger partial charge >= 0.3 is 0 Å². The molecule has 0 aliphatic carbocycles. The maximum atomic E-state index is 12.8. The first-order valence-corrected chi connectivity index (χ1v) is 9.13. The average Bonchev–Trinajstić information content (AvgIpc) is 3.18. The third kappa shape index (κ3) is 3.40. The molecule has 1 saturated heterocycles. The number of nitrogens with zero attached hydrogens (tertiary/aromatic N) is 5. The van der Waals surface area contributed by atoms with E-state index in [9.17, 15) is 4.79 Å². The molecule has 0 saturated carbocycles. The van der Waals surface area contributed by atoms with Gasteiger partial charge in [-0.15, -0.1) is 11.3 Å². The van der Waals surface area contributed by atoms with Gasteiger partial charge < -0.3 is 14.0 Å². The van der Waals surface area contributed by atoms with Gasteiger partial charge in [0.15, 0.2) is 5.65 Å². The molecule has 0 aromatic carbocycles.